The van der Waals surface area contributed by atoms with Gasteiger partial charge in [-0.2, -0.15) is 0 Å². The zero-order valence-corrected chi connectivity index (χ0v) is 20.2. The average molecular weight is 438 g/mol. The molecule has 4 saturated carbocycles. The molecule has 168 valence electrons. The van der Waals surface area contributed by atoms with Crippen LogP contribution in [0, 0.1) is 52.8 Å². The normalized spacial score (nSPS) is 46.5. The van der Waals surface area contributed by atoms with E-state index in [2.05, 4.69) is 36.9 Å². The molecular formula is C28H39NOS. The van der Waals surface area contributed by atoms with Crippen molar-refractivity contribution in [1.29, 1.82) is 0 Å². The second kappa shape index (κ2) is 8.11. The highest BCUT2D eigenvalue weighted by Gasteiger charge is 2.60. The molecule has 0 saturated heterocycles. The van der Waals surface area contributed by atoms with Gasteiger partial charge >= 0.3 is 0 Å². The number of aliphatic hydroxyl groups is 1. The van der Waals surface area contributed by atoms with Crippen LogP contribution in [0.25, 0.3) is 0 Å². The molecule has 0 amide bonds. The fourth-order valence-corrected chi connectivity index (χ4v) is 9.67. The largest absolute Gasteiger partial charge is 0.378 e. The zero-order valence-electron chi connectivity index (χ0n) is 19.4. The first kappa shape index (κ1) is 21.8. The molecular weight excluding hydrogens is 398 g/mol. The van der Waals surface area contributed by atoms with Crippen LogP contribution in [-0.4, -0.2) is 21.4 Å². The lowest BCUT2D eigenvalue weighted by Crippen LogP contribution is -2.55. The summed E-state index contributed by atoms with van der Waals surface area (Å²) in [7, 11) is 0. The molecule has 4 fully saturated rings. The number of hydrogen-bond donors (Lipinski definition) is 1. The minimum Gasteiger partial charge on any atom is -0.378 e. The number of terminal acetylenes is 1. The van der Waals surface area contributed by atoms with Crippen molar-refractivity contribution in [2.45, 2.75) is 88.6 Å². The van der Waals surface area contributed by atoms with Gasteiger partial charge in [-0.1, -0.05) is 19.8 Å². The molecule has 1 aromatic rings. The minimum atomic E-state index is -0.842. The van der Waals surface area contributed by atoms with E-state index in [1.165, 1.54) is 55.6 Å². The Bertz CT molecular complexity index is 835. The molecule has 8 atom stereocenters. The monoisotopic (exact) mass is 437 g/mol. The molecule has 1 N–H and O–H groups in total. The Kier molecular flexibility index (Phi) is 5.71. The van der Waals surface area contributed by atoms with Crippen molar-refractivity contribution < 1.29 is 5.11 Å². The Morgan fingerprint density at radius 3 is 2.58 bits per heavy atom. The molecule has 1 heterocycles. The molecule has 0 bridgehead atoms. The standard InChI is InChI=1S/C28H39NOS/c1-4-28(30)15-14-27(3)21(19-28)5-7-23-24-8-6-20(26(24,2)13-9-25(23)27)12-18-31-22-10-16-29-17-11-22/h1,10-11,16-17,20-21,23-25,30H,5-9,12-15,18-19H2,2-3H3/t20-,21+,23+,24+,25+,26-,27+,28-/m1/s1. The highest BCUT2D eigenvalue weighted by atomic mass is 32.2. The van der Waals surface area contributed by atoms with Crippen molar-refractivity contribution in [3.8, 4) is 12.3 Å². The summed E-state index contributed by atoms with van der Waals surface area (Å²) in [6.45, 7) is 5.21. The molecule has 4 aliphatic carbocycles. The van der Waals surface area contributed by atoms with Gasteiger partial charge in [-0.3, -0.25) is 4.98 Å². The van der Waals surface area contributed by atoms with Crippen LogP contribution in [0.5, 0.6) is 0 Å². The maximum absolute atomic E-state index is 10.8. The van der Waals surface area contributed by atoms with Crippen LogP contribution in [0.2, 0.25) is 0 Å². The van der Waals surface area contributed by atoms with E-state index in [0.29, 0.717) is 16.7 Å². The Hall–Kier alpha value is -0.980. The van der Waals surface area contributed by atoms with Crippen molar-refractivity contribution in [2.75, 3.05) is 5.75 Å². The van der Waals surface area contributed by atoms with E-state index in [0.717, 1.165) is 42.9 Å². The minimum absolute atomic E-state index is 0.391. The SMILES string of the molecule is C#C[C@@]1(O)CC[C@@]2(C)[C@@H](CC[C@@H]3[C@@H]2CC[C@]2(C)[C@@H](CCSc4ccncc4)CC[C@@H]32)C1. The van der Waals surface area contributed by atoms with E-state index in [1.807, 2.05) is 24.2 Å². The third-order valence-electron chi connectivity index (χ3n) is 10.6. The first-order valence-electron chi connectivity index (χ1n) is 12.6. The predicted octanol–water partition coefficient (Wildman–Crippen LogP) is 6.59. The topological polar surface area (TPSA) is 33.1 Å². The Morgan fingerprint density at radius 2 is 1.81 bits per heavy atom. The third kappa shape index (κ3) is 3.67. The maximum Gasteiger partial charge on any atom is 0.125 e. The summed E-state index contributed by atoms with van der Waals surface area (Å²) in [6.07, 6.45) is 21.9. The Morgan fingerprint density at radius 1 is 1.03 bits per heavy atom. The predicted molar refractivity (Wildman–Crippen MR) is 129 cm³/mol. The second-order valence-electron chi connectivity index (χ2n) is 11.7. The summed E-state index contributed by atoms with van der Waals surface area (Å²) in [4.78, 5) is 5.50. The summed E-state index contributed by atoms with van der Waals surface area (Å²) in [5, 5.41) is 10.8. The van der Waals surface area contributed by atoms with E-state index in [1.54, 1.807) is 0 Å². The smallest absolute Gasteiger partial charge is 0.125 e. The van der Waals surface area contributed by atoms with Crippen molar-refractivity contribution in [1.82, 2.24) is 4.98 Å². The zero-order chi connectivity index (χ0) is 21.7. The molecule has 0 radical (unpaired) electrons. The van der Waals surface area contributed by atoms with Crippen LogP contribution in [0.4, 0.5) is 0 Å². The third-order valence-corrected chi connectivity index (χ3v) is 11.6. The van der Waals surface area contributed by atoms with Crippen LogP contribution in [0.15, 0.2) is 29.4 Å². The van der Waals surface area contributed by atoms with Gasteiger partial charge in [-0.15, -0.1) is 18.2 Å². The average Bonchev–Trinajstić information content (AvgIpc) is 3.11. The molecule has 2 nitrogen and oxygen atoms in total. The van der Waals surface area contributed by atoms with Gasteiger partial charge in [-0.25, -0.2) is 0 Å². The highest BCUT2D eigenvalue weighted by molar-refractivity contribution is 7.99. The van der Waals surface area contributed by atoms with Gasteiger partial charge in [0, 0.05) is 17.3 Å². The molecule has 0 aromatic carbocycles. The summed E-state index contributed by atoms with van der Waals surface area (Å²) >= 11 is 2.00. The second-order valence-corrected chi connectivity index (χ2v) is 12.8. The van der Waals surface area contributed by atoms with Crippen LogP contribution in [0.1, 0.15) is 78.1 Å². The van der Waals surface area contributed by atoms with E-state index >= 15 is 0 Å². The fraction of sp³-hybridized carbons (Fsp3) is 0.750. The van der Waals surface area contributed by atoms with Gasteiger partial charge in [0.2, 0.25) is 0 Å². The van der Waals surface area contributed by atoms with Crippen molar-refractivity contribution >= 4 is 11.8 Å². The lowest BCUT2D eigenvalue weighted by atomic mass is 9.44. The van der Waals surface area contributed by atoms with E-state index in [-0.39, 0.29) is 0 Å². The van der Waals surface area contributed by atoms with E-state index < -0.39 is 5.60 Å². The summed E-state index contributed by atoms with van der Waals surface area (Å²) in [6, 6.07) is 4.28. The van der Waals surface area contributed by atoms with Gasteiger partial charge < -0.3 is 5.11 Å². The molecule has 0 spiro atoms. The van der Waals surface area contributed by atoms with Gasteiger partial charge in [0.15, 0.2) is 0 Å². The summed E-state index contributed by atoms with van der Waals surface area (Å²) in [5.41, 5.74) is 0.0884. The number of nitrogens with zero attached hydrogens (tertiary/aromatic N) is 1. The van der Waals surface area contributed by atoms with Gasteiger partial charge in [-0.05, 0) is 123 Å². The number of thioether (sulfide) groups is 1. The molecule has 4 aliphatic rings. The lowest BCUT2D eigenvalue weighted by Gasteiger charge is -2.61. The van der Waals surface area contributed by atoms with Crippen LogP contribution in [-0.2, 0) is 0 Å². The van der Waals surface area contributed by atoms with Crippen LogP contribution >= 0.6 is 11.8 Å². The van der Waals surface area contributed by atoms with Crippen LogP contribution in [0.3, 0.4) is 0 Å². The Balaban J connectivity index is 1.26. The van der Waals surface area contributed by atoms with Gasteiger partial charge in [0.25, 0.3) is 0 Å². The number of rotatable bonds is 4. The quantitative estimate of drug-likeness (QED) is 0.426. The highest BCUT2D eigenvalue weighted by Crippen LogP contribution is 2.68. The molecule has 3 heteroatoms. The van der Waals surface area contributed by atoms with Crippen molar-refractivity contribution in [3.05, 3.63) is 24.5 Å². The van der Waals surface area contributed by atoms with Crippen molar-refractivity contribution in [3.63, 3.8) is 0 Å². The lowest BCUT2D eigenvalue weighted by molar-refractivity contribution is -0.137. The maximum atomic E-state index is 10.8. The molecule has 31 heavy (non-hydrogen) atoms. The summed E-state index contributed by atoms with van der Waals surface area (Å²) < 4.78 is 0. The number of aromatic nitrogens is 1. The molecule has 0 unspecified atom stereocenters. The van der Waals surface area contributed by atoms with Gasteiger partial charge in [0.05, 0.1) is 0 Å². The van der Waals surface area contributed by atoms with E-state index in [4.69, 9.17) is 6.42 Å². The van der Waals surface area contributed by atoms with Gasteiger partial charge in [0.1, 0.15) is 5.60 Å². The van der Waals surface area contributed by atoms with Crippen molar-refractivity contribution in [2.24, 2.45) is 40.4 Å². The Labute approximate surface area is 193 Å². The van der Waals surface area contributed by atoms with Crippen LogP contribution < -0.4 is 0 Å². The first-order chi connectivity index (χ1) is 14.9. The number of hydrogen-bond acceptors (Lipinski definition) is 3. The molecule has 0 aliphatic heterocycles. The number of pyridine rings is 1. The molecule has 5 rings (SSSR count). The fourth-order valence-electron chi connectivity index (χ4n) is 8.71. The molecule has 1 aromatic heterocycles. The summed E-state index contributed by atoms with van der Waals surface area (Å²) in [5.74, 6) is 8.12. The number of fused-ring (bicyclic) bond motifs is 5. The van der Waals surface area contributed by atoms with E-state index in [9.17, 15) is 5.11 Å². The first-order valence-corrected chi connectivity index (χ1v) is 13.6.